The quantitative estimate of drug-likeness (QED) is 0.632. The molecular weight excluding hydrogens is 184 g/mol. The third-order valence-electron chi connectivity index (χ3n) is 2.40. The third kappa shape index (κ3) is 4.84. The van der Waals surface area contributed by atoms with Crippen molar-refractivity contribution in [3.63, 3.8) is 0 Å². The molecule has 14 heavy (non-hydrogen) atoms. The fourth-order valence-electron chi connectivity index (χ4n) is 1.09. The fourth-order valence-corrected chi connectivity index (χ4v) is 1.09. The lowest BCUT2D eigenvalue weighted by Gasteiger charge is -2.17. The van der Waals surface area contributed by atoms with Gasteiger partial charge in [-0.25, -0.2) is 0 Å². The summed E-state index contributed by atoms with van der Waals surface area (Å²) in [5, 5.41) is 0. The summed E-state index contributed by atoms with van der Waals surface area (Å²) in [6.45, 7) is 3.84. The zero-order valence-electron chi connectivity index (χ0n) is 9.20. The third-order valence-corrected chi connectivity index (χ3v) is 2.40. The van der Waals surface area contributed by atoms with Gasteiger partial charge in [0, 0.05) is 12.8 Å². The minimum Gasteiger partial charge on any atom is -0.469 e. The van der Waals surface area contributed by atoms with Crippen molar-refractivity contribution in [3.8, 4) is 0 Å². The van der Waals surface area contributed by atoms with Gasteiger partial charge in [0.1, 0.15) is 0 Å². The summed E-state index contributed by atoms with van der Waals surface area (Å²) < 4.78 is 9.09. The molecule has 0 aliphatic heterocycles. The minimum absolute atomic E-state index is 0.126. The second-order valence-electron chi connectivity index (χ2n) is 3.52. The molecule has 0 amide bonds. The molecule has 0 fully saturated rings. The fraction of sp³-hybridized carbons (Fsp3) is 0.800. The Kier molecular flexibility index (Phi) is 5.92. The first-order valence-corrected chi connectivity index (χ1v) is 4.64. The van der Waals surface area contributed by atoms with Crippen LogP contribution in [0.4, 0.5) is 0 Å². The van der Waals surface area contributed by atoms with Crippen LogP contribution >= 0.6 is 0 Å². The van der Waals surface area contributed by atoms with Gasteiger partial charge in [-0.3, -0.25) is 9.59 Å². The van der Waals surface area contributed by atoms with E-state index in [1.807, 2.05) is 13.8 Å². The molecule has 2 atom stereocenters. The number of carbonyl (C=O) groups excluding carboxylic acids is 2. The first-order valence-electron chi connectivity index (χ1n) is 4.64. The Bertz CT molecular complexity index is 178. The Morgan fingerprint density at radius 1 is 0.929 bits per heavy atom. The molecule has 4 heteroatoms. The van der Waals surface area contributed by atoms with Crippen molar-refractivity contribution in [2.24, 2.45) is 11.8 Å². The van der Waals surface area contributed by atoms with Crippen LogP contribution in [0.5, 0.6) is 0 Å². The van der Waals surface area contributed by atoms with Crippen molar-refractivity contribution in [1.82, 2.24) is 0 Å². The average Bonchev–Trinajstić information content (AvgIpc) is 2.17. The lowest BCUT2D eigenvalue weighted by molar-refractivity contribution is -0.145. The van der Waals surface area contributed by atoms with E-state index in [2.05, 4.69) is 9.47 Å². The summed E-state index contributed by atoms with van der Waals surface area (Å²) in [7, 11) is 2.72. The van der Waals surface area contributed by atoms with E-state index < -0.39 is 0 Å². The summed E-state index contributed by atoms with van der Waals surface area (Å²) in [6, 6.07) is 0. The first kappa shape index (κ1) is 12.9. The largest absolute Gasteiger partial charge is 0.469 e. The van der Waals surface area contributed by atoms with Crippen molar-refractivity contribution in [2.45, 2.75) is 26.7 Å². The van der Waals surface area contributed by atoms with E-state index in [0.29, 0.717) is 12.8 Å². The van der Waals surface area contributed by atoms with E-state index >= 15 is 0 Å². The minimum atomic E-state index is -0.241. The van der Waals surface area contributed by atoms with E-state index in [1.165, 1.54) is 14.2 Å². The summed E-state index contributed by atoms with van der Waals surface area (Å²) in [4.78, 5) is 21.9. The lowest BCUT2D eigenvalue weighted by Crippen LogP contribution is -2.17. The van der Waals surface area contributed by atoms with Crippen molar-refractivity contribution >= 4 is 11.9 Å². The van der Waals surface area contributed by atoms with E-state index in [-0.39, 0.29) is 23.8 Å². The van der Waals surface area contributed by atoms with Crippen LogP contribution in [0.2, 0.25) is 0 Å². The highest BCUT2D eigenvalue weighted by Gasteiger charge is 2.19. The Balaban J connectivity index is 3.92. The molecule has 0 spiro atoms. The number of carbonyl (C=O) groups is 2. The zero-order valence-corrected chi connectivity index (χ0v) is 9.20. The smallest absolute Gasteiger partial charge is 0.305 e. The molecule has 0 bridgehead atoms. The molecule has 82 valence electrons. The van der Waals surface area contributed by atoms with Crippen molar-refractivity contribution in [3.05, 3.63) is 0 Å². The number of hydrogen-bond donors (Lipinski definition) is 0. The molecule has 0 rings (SSSR count). The van der Waals surface area contributed by atoms with Gasteiger partial charge in [0.05, 0.1) is 14.2 Å². The maximum atomic E-state index is 10.9. The second kappa shape index (κ2) is 6.40. The first-order chi connectivity index (χ1) is 6.51. The molecule has 0 saturated heterocycles. The zero-order chi connectivity index (χ0) is 11.1. The highest BCUT2D eigenvalue weighted by atomic mass is 16.5. The van der Waals surface area contributed by atoms with Crippen LogP contribution in [-0.2, 0) is 19.1 Å². The van der Waals surface area contributed by atoms with Crippen LogP contribution in [0.1, 0.15) is 26.7 Å². The summed E-state index contributed by atoms with van der Waals surface area (Å²) in [6.07, 6.45) is 0.684. The van der Waals surface area contributed by atoms with Crippen LogP contribution in [-0.4, -0.2) is 26.2 Å². The van der Waals surface area contributed by atoms with Crippen LogP contribution < -0.4 is 0 Å². The van der Waals surface area contributed by atoms with Gasteiger partial charge in [-0.15, -0.1) is 0 Å². The van der Waals surface area contributed by atoms with Gasteiger partial charge in [0.25, 0.3) is 0 Å². The van der Waals surface area contributed by atoms with Gasteiger partial charge in [-0.2, -0.15) is 0 Å². The molecule has 0 radical (unpaired) electrons. The van der Waals surface area contributed by atoms with Gasteiger partial charge in [-0.05, 0) is 11.8 Å². The second-order valence-corrected chi connectivity index (χ2v) is 3.52. The van der Waals surface area contributed by atoms with Gasteiger partial charge < -0.3 is 9.47 Å². The summed E-state index contributed by atoms with van der Waals surface area (Å²) in [5.74, 6) is -0.230. The molecule has 4 nitrogen and oxygen atoms in total. The normalized spacial score (nSPS) is 14.3. The van der Waals surface area contributed by atoms with Crippen molar-refractivity contribution < 1.29 is 19.1 Å². The molecule has 0 unspecified atom stereocenters. The maximum absolute atomic E-state index is 10.9. The Morgan fingerprint density at radius 2 is 1.21 bits per heavy atom. The summed E-state index contributed by atoms with van der Waals surface area (Å²) in [5.41, 5.74) is 0. The van der Waals surface area contributed by atoms with E-state index in [0.717, 1.165) is 0 Å². The molecule has 0 saturated carbocycles. The summed E-state index contributed by atoms with van der Waals surface area (Å²) >= 11 is 0. The van der Waals surface area contributed by atoms with Crippen molar-refractivity contribution in [2.75, 3.05) is 14.2 Å². The molecular formula is C10H18O4. The topological polar surface area (TPSA) is 52.6 Å². The van der Waals surface area contributed by atoms with Gasteiger partial charge >= 0.3 is 11.9 Å². The maximum Gasteiger partial charge on any atom is 0.305 e. The molecule has 0 aliphatic rings. The van der Waals surface area contributed by atoms with Crippen molar-refractivity contribution in [1.29, 1.82) is 0 Å². The highest BCUT2D eigenvalue weighted by Crippen LogP contribution is 2.19. The molecule has 0 aromatic carbocycles. The van der Waals surface area contributed by atoms with Gasteiger partial charge in [-0.1, -0.05) is 13.8 Å². The Hall–Kier alpha value is -1.06. The molecule has 0 aromatic rings. The van der Waals surface area contributed by atoms with Crippen LogP contribution in [0.25, 0.3) is 0 Å². The molecule has 0 heterocycles. The highest BCUT2D eigenvalue weighted by molar-refractivity contribution is 5.71. The van der Waals surface area contributed by atoms with Gasteiger partial charge in [0.2, 0.25) is 0 Å². The number of hydrogen-bond acceptors (Lipinski definition) is 4. The SMILES string of the molecule is COC(=O)C[C@@H](C)[C@@H](C)CC(=O)OC. The number of rotatable bonds is 5. The lowest BCUT2D eigenvalue weighted by atomic mass is 9.90. The molecule has 0 aromatic heterocycles. The van der Waals surface area contributed by atoms with E-state index in [9.17, 15) is 9.59 Å². The van der Waals surface area contributed by atoms with Crippen LogP contribution in [0.3, 0.4) is 0 Å². The predicted molar refractivity (Wildman–Crippen MR) is 51.6 cm³/mol. The van der Waals surface area contributed by atoms with Crippen LogP contribution in [0.15, 0.2) is 0 Å². The Morgan fingerprint density at radius 3 is 1.43 bits per heavy atom. The van der Waals surface area contributed by atoms with Gasteiger partial charge in [0.15, 0.2) is 0 Å². The standard InChI is InChI=1S/C10H18O4/c1-7(5-9(11)13-3)8(2)6-10(12)14-4/h7-8H,5-6H2,1-4H3/t7-,8+. The molecule has 0 aliphatic carbocycles. The predicted octanol–water partition coefficient (Wildman–Crippen LogP) is 1.38. The monoisotopic (exact) mass is 202 g/mol. The average molecular weight is 202 g/mol. The van der Waals surface area contributed by atoms with Crippen LogP contribution in [0, 0.1) is 11.8 Å². The Labute approximate surface area is 84.6 Å². The number of methoxy groups -OCH3 is 2. The number of esters is 2. The van der Waals surface area contributed by atoms with E-state index in [1.54, 1.807) is 0 Å². The van der Waals surface area contributed by atoms with E-state index in [4.69, 9.17) is 0 Å². The number of ether oxygens (including phenoxy) is 2. The molecule has 0 N–H and O–H groups in total.